The van der Waals surface area contributed by atoms with Gasteiger partial charge >= 0.3 is 13.2 Å². The second-order valence-electron chi connectivity index (χ2n) is 10.4. The van der Waals surface area contributed by atoms with E-state index in [4.69, 9.17) is 24.5 Å². The van der Waals surface area contributed by atoms with Crippen molar-refractivity contribution in [3.63, 3.8) is 0 Å². The molecule has 0 atom stereocenters. The molecule has 0 aromatic heterocycles. The lowest BCUT2D eigenvalue weighted by Gasteiger charge is -2.32. The minimum atomic E-state index is -0.606. The smallest absolute Gasteiger partial charge is 0.457 e. The lowest BCUT2D eigenvalue weighted by molar-refractivity contribution is 0.00578. The molecule has 0 unspecified atom stereocenters. The summed E-state index contributed by atoms with van der Waals surface area (Å²) in [7, 11) is -0.606. The maximum Gasteiger partial charge on any atom is 0.492 e. The number of alkyl carbamates (subject to hydrolysis) is 1. The fraction of sp³-hybridized carbons (Fsp3) is 0.423. The summed E-state index contributed by atoms with van der Waals surface area (Å²) in [5.41, 5.74) is 6.52. The van der Waals surface area contributed by atoms with E-state index in [9.17, 15) is 4.79 Å². The number of anilines is 1. The highest BCUT2D eigenvalue weighted by Crippen LogP contribution is 2.38. The average Bonchev–Trinajstić information content (AvgIpc) is 2.94. The van der Waals surface area contributed by atoms with Crippen molar-refractivity contribution in [2.24, 2.45) is 0 Å². The van der Waals surface area contributed by atoms with Crippen molar-refractivity contribution in [2.45, 2.75) is 65.3 Å². The Bertz CT molecular complexity index is 1010. The van der Waals surface area contributed by atoms with Gasteiger partial charge < -0.3 is 29.8 Å². The van der Waals surface area contributed by atoms with Crippen LogP contribution in [0.4, 0.5) is 10.5 Å². The Morgan fingerprint density at radius 3 is 1.97 bits per heavy atom. The van der Waals surface area contributed by atoms with E-state index in [0.717, 1.165) is 11.0 Å². The monoisotopic (exact) mass is 466 g/mol. The van der Waals surface area contributed by atoms with Crippen LogP contribution in [0.15, 0.2) is 54.0 Å². The molecule has 1 amide bonds. The van der Waals surface area contributed by atoms with Crippen molar-refractivity contribution in [2.75, 3.05) is 12.3 Å². The number of benzene rings is 2. The zero-order valence-electron chi connectivity index (χ0n) is 21.1. The summed E-state index contributed by atoms with van der Waals surface area (Å²) in [6.45, 7) is 13.7. The molecule has 34 heavy (non-hydrogen) atoms. The molecule has 3 N–H and O–H groups in total. The van der Waals surface area contributed by atoms with Gasteiger partial charge in [-0.25, -0.2) is 4.79 Å². The first-order chi connectivity index (χ1) is 15.7. The molecule has 1 aliphatic heterocycles. The molecule has 2 aromatic rings. The van der Waals surface area contributed by atoms with Crippen LogP contribution in [0.1, 0.15) is 54.0 Å². The van der Waals surface area contributed by atoms with E-state index >= 15 is 0 Å². The minimum Gasteiger partial charge on any atom is -0.457 e. The van der Waals surface area contributed by atoms with Gasteiger partial charge in [-0.15, -0.1) is 0 Å². The van der Waals surface area contributed by atoms with E-state index in [1.807, 2.05) is 90.9 Å². The summed E-state index contributed by atoms with van der Waals surface area (Å²) in [6, 6.07) is 14.9. The van der Waals surface area contributed by atoms with Crippen molar-refractivity contribution in [3.8, 4) is 11.5 Å². The van der Waals surface area contributed by atoms with Gasteiger partial charge in [0.2, 0.25) is 0 Å². The van der Waals surface area contributed by atoms with Crippen LogP contribution >= 0.6 is 0 Å². The van der Waals surface area contributed by atoms with Gasteiger partial charge in [0.1, 0.15) is 17.1 Å². The standard InChI is InChI=1S/C26H35BN2O5/c1-24(2,3)32-23(30)29-17-19(27-33-25(4,5)26(6,7)34-27)16-18-8-12-21(13-9-18)31-22-14-10-20(28)11-15-22/h8-16H,17,28H2,1-7H3,(H,29,30). The quantitative estimate of drug-likeness (QED) is 0.425. The van der Waals surface area contributed by atoms with E-state index in [1.165, 1.54) is 0 Å². The van der Waals surface area contributed by atoms with Crippen LogP contribution in [0.25, 0.3) is 6.08 Å². The summed E-state index contributed by atoms with van der Waals surface area (Å²) >= 11 is 0. The third-order valence-electron chi connectivity index (χ3n) is 5.74. The molecular formula is C26H35BN2O5. The molecular weight excluding hydrogens is 431 g/mol. The number of carbonyl (C=O) groups is 1. The maximum atomic E-state index is 12.3. The van der Waals surface area contributed by atoms with Crippen molar-refractivity contribution < 1.29 is 23.6 Å². The van der Waals surface area contributed by atoms with E-state index in [1.54, 1.807) is 12.1 Å². The molecule has 2 aromatic carbocycles. The fourth-order valence-electron chi connectivity index (χ4n) is 3.20. The third-order valence-corrected chi connectivity index (χ3v) is 5.74. The molecule has 3 rings (SSSR count). The number of nitrogen functional groups attached to an aromatic ring is 1. The van der Waals surface area contributed by atoms with Gasteiger partial charge in [0.25, 0.3) is 0 Å². The zero-order valence-corrected chi connectivity index (χ0v) is 21.1. The Labute approximate surface area is 202 Å². The molecule has 8 heteroatoms. The van der Waals surface area contributed by atoms with Crippen LogP contribution in [-0.2, 0) is 14.0 Å². The van der Waals surface area contributed by atoms with Gasteiger partial charge in [0.15, 0.2) is 0 Å². The molecule has 0 bridgehead atoms. The summed E-state index contributed by atoms with van der Waals surface area (Å²) in [6.07, 6.45) is 1.45. The van der Waals surface area contributed by atoms with Gasteiger partial charge in [-0.1, -0.05) is 18.2 Å². The SMILES string of the molecule is CC(C)(C)OC(=O)NCC(=Cc1ccc(Oc2ccc(N)cc2)cc1)B1OC(C)(C)C(C)(C)O1. The number of nitrogens with two attached hydrogens (primary N) is 1. The van der Waals surface area contributed by atoms with E-state index in [0.29, 0.717) is 17.2 Å². The highest BCUT2D eigenvalue weighted by molar-refractivity contribution is 6.56. The zero-order chi connectivity index (χ0) is 25.1. The first kappa shape index (κ1) is 25.7. The molecule has 0 spiro atoms. The first-order valence-electron chi connectivity index (χ1n) is 11.4. The number of rotatable bonds is 6. The predicted molar refractivity (Wildman–Crippen MR) is 136 cm³/mol. The van der Waals surface area contributed by atoms with Crippen LogP contribution in [0.5, 0.6) is 11.5 Å². The van der Waals surface area contributed by atoms with Crippen molar-refractivity contribution in [3.05, 3.63) is 59.6 Å². The van der Waals surface area contributed by atoms with Gasteiger partial charge in [-0.2, -0.15) is 0 Å². The van der Waals surface area contributed by atoms with Crippen LogP contribution in [0.3, 0.4) is 0 Å². The number of hydrogen-bond donors (Lipinski definition) is 2. The highest BCUT2D eigenvalue weighted by Gasteiger charge is 2.52. The van der Waals surface area contributed by atoms with Crippen LogP contribution in [0.2, 0.25) is 0 Å². The third kappa shape index (κ3) is 6.78. The average molecular weight is 466 g/mol. The van der Waals surface area contributed by atoms with Gasteiger partial charge in [0, 0.05) is 12.2 Å². The summed E-state index contributed by atoms with van der Waals surface area (Å²) in [4.78, 5) is 12.3. The molecule has 1 heterocycles. The van der Waals surface area contributed by atoms with Gasteiger partial charge in [0.05, 0.1) is 11.2 Å². The largest absolute Gasteiger partial charge is 0.492 e. The topological polar surface area (TPSA) is 92.0 Å². The first-order valence-corrected chi connectivity index (χ1v) is 11.4. The van der Waals surface area contributed by atoms with E-state index in [2.05, 4.69) is 5.32 Å². The molecule has 0 saturated carbocycles. The van der Waals surface area contributed by atoms with Gasteiger partial charge in [-0.05, 0) is 95.9 Å². The number of hydrogen-bond acceptors (Lipinski definition) is 6. The second kappa shape index (κ2) is 9.72. The number of ether oxygens (including phenoxy) is 2. The lowest BCUT2D eigenvalue weighted by atomic mass is 9.77. The van der Waals surface area contributed by atoms with E-state index in [-0.39, 0.29) is 6.54 Å². The molecule has 7 nitrogen and oxygen atoms in total. The molecule has 1 aliphatic rings. The van der Waals surface area contributed by atoms with Crippen LogP contribution < -0.4 is 15.8 Å². The van der Waals surface area contributed by atoms with Crippen molar-refractivity contribution in [1.29, 1.82) is 0 Å². The molecule has 1 fully saturated rings. The van der Waals surface area contributed by atoms with E-state index < -0.39 is 30.0 Å². The molecule has 0 radical (unpaired) electrons. The van der Waals surface area contributed by atoms with Crippen molar-refractivity contribution >= 4 is 25.0 Å². The molecule has 0 aliphatic carbocycles. The Kier molecular flexibility index (Phi) is 7.34. The highest BCUT2D eigenvalue weighted by atomic mass is 16.7. The lowest BCUT2D eigenvalue weighted by Crippen LogP contribution is -2.41. The van der Waals surface area contributed by atoms with Gasteiger partial charge in [-0.3, -0.25) is 0 Å². The summed E-state index contributed by atoms with van der Waals surface area (Å²) in [5, 5.41) is 2.82. The molecule has 1 saturated heterocycles. The summed E-state index contributed by atoms with van der Waals surface area (Å²) in [5.74, 6) is 1.41. The normalized spacial score (nSPS) is 17.4. The Balaban J connectivity index is 1.78. The second-order valence-corrected chi connectivity index (χ2v) is 10.4. The number of nitrogens with one attached hydrogen (secondary N) is 1. The Hall–Kier alpha value is -2.97. The molecule has 182 valence electrons. The minimum absolute atomic E-state index is 0.218. The summed E-state index contributed by atoms with van der Waals surface area (Å²) < 4.78 is 23.7. The number of amides is 1. The predicted octanol–water partition coefficient (Wildman–Crippen LogP) is 5.60. The van der Waals surface area contributed by atoms with Crippen molar-refractivity contribution in [1.82, 2.24) is 5.32 Å². The number of carbonyl (C=O) groups excluding carboxylic acids is 1. The van der Waals surface area contributed by atoms with Crippen LogP contribution in [0, 0.1) is 0 Å². The van der Waals surface area contributed by atoms with Crippen LogP contribution in [-0.4, -0.2) is 36.6 Å². The Morgan fingerprint density at radius 1 is 0.971 bits per heavy atom. The maximum absolute atomic E-state index is 12.3. The fourth-order valence-corrected chi connectivity index (χ4v) is 3.20. The Morgan fingerprint density at radius 2 is 1.47 bits per heavy atom.